The minimum atomic E-state index is 0. The molecule has 1 rings (SSSR count). The van der Waals surface area contributed by atoms with Gasteiger partial charge in [-0.15, -0.1) is 6.58 Å². The van der Waals surface area contributed by atoms with Crippen LogP contribution in [-0.4, -0.2) is 10.9 Å². The molecule has 2 heteroatoms. The zero-order chi connectivity index (χ0) is 8.10. The lowest BCUT2D eigenvalue weighted by atomic mass is 10.1. The average Bonchev–Trinajstić information content (AvgIpc) is 2.06. The molecule has 0 bridgehead atoms. The molecule has 12 heavy (non-hydrogen) atoms. The summed E-state index contributed by atoms with van der Waals surface area (Å²) in [5, 5.41) is 0. The fourth-order valence-electron chi connectivity index (χ4n) is 1.12. The van der Waals surface area contributed by atoms with Crippen LogP contribution in [0.15, 0.2) is 49.9 Å². The van der Waals surface area contributed by atoms with Crippen molar-refractivity contribution in [1.82, 2.24) is 4.90 Å². The van der Waals surface area contributed by atoms with Crippen molar-refractivity contribution in [3.05, 3.63) is 49.9 Å². The smallest absolute Gasteiger partial charge is 0.0547 e. The van der Waals surface area contributed by atoms with Crippen LogP contribution >= 0.6 is 13.5 Å². The molecule has 0 saturated heterocycles. The van der Waals surface area contributed by atoms with Crippen LogP contribution in [0.25, 0.3) is 0 Å². The molecule has 0 aliphatic carbocycles. The van der Waals surface area contributed by atoms with Gasteiger partial charge in [0.25, 0.3) is 0 Å². The quantitative estimate of drug-likeness (QED) is 0.605. The zero-order valence-corrected chi connectivity index (χ0v) is 8.11. The van der Waals surface area contributed by atoms with E-state index in [1.807, 2.05) is 30.6 Å². The average molecular weight is 181 g/mol. The monoisotopic (exact) mass is 181 g/mol. The lowest BCUT2D eigenvalue weighted by molar-refractivity contribution is 0.424. The van der Waals surface area contributed by atoms with Gasteiger partial charge in [-0.05, 0) is 18.7 Å². The molecule has 0 aromatic rings. The van der Waals surface area contributed by atoms with Gasteiger partial charge in [-0.3, -0.25) is 0 Å². The number of allylic oxidation sites excluding steroid dienone is 2. The van der Waals surface area contributed by atoms with Gasteiger partial charge in [0.1, 0.15) is 0 Å². The SMILES string of the molecule is C=CCC1C=CC=CN1C=C.S. The summed E-state index contributed by atoms with van der Waals surface area (Å²) in [6, 6.07) is 0.412. The summed E-state index contributed by atoms with van der Waals surface area (Å²) >= 11 is 0. The molecule has 0 aromatic heterocycles. The third-order valence-electron chi connectivity index (χ3n) is 1.70. The molecular weight excluding hydrogens is 166 g/mol. The van der Waals surface area contributed by atoms with Crippen LogP contribution in [0.5, 0.6) is 0 Å². The first-order valence-electron chi connectivity index (χ1n) is 3.74. The van der Waals surface area contributed by atoms with Crippen molar-refractivity contribution in [1.29, 1.82) is 0 Å². The van der Waals surface area contributed by atoms with Crippen LogP contribution in [0.3, 0.4) is 0 Å². The first-order valence-corrected chi connectivity index (χ1v) is 3.74. The van der Waals surface area contributed by atoms with E-state index < -0.39 is 0 Å². The topological polar surface area (TPSA) is 3.24 Å². The third-order valence-corrected chi connectivity index (χ3v) is 1.70. The van der Waals surface area contributed by atoms with E-state index in [-0.39, 0.29) is 13.5 Å². The summed E-state index contributed by atoms with van der Waals surface area (Å²) < 4.78 is 0. The Labute approximate surface area is 81.2 Å². The van der Waals surface area contributed by atoms with Gasteiger partial charge in [0.15, 0.2) is 0 Å². The highest BCUT2D eigenvalue weighted by atomic mass is 32.1. The number of hydrogen-bond acceptors (Lipinski definition) is 1. The first kappa shape index (κ1) is 11.1. The predicted molar refractivity (Wildman–Crippen MR) is 59.3 cm³/mol. The summed E-state index contributed by atoms with van der Waals surface area (Å²) in [6.07, 6.45) is 12.9. The Balaban J connectivity index is 0.00000121. The number of nitrogens with zero attached hydrogens (tertiary/aromatic N) is 1. The van der Waals surface area contributed by atoms with Gasteiger partial charge < -0.3 is 4.90 Å². The van der Waals surface area contributed by atoms with E-state index >= 15 is 0 Å². The van der Waals surface area contributed by atoms with E-state index in [1.165, 1.54) is 0 Å². The van der Waals surface area contributed by atoms with Crippen molar-refractivity contribution in [3.63, 3.8) is 0 Å². The maximum Gasteiger partial charge on any atom is 0.0547 e. The van der Waals surface area contributed by atoms with E-state index in [1.54, 1.807) is 0 Å². The molecule has 1 heterocycles. The normalized spacial score (nSPS) is 20.0. The van der Waals surface area contributed by atoms with E-state index in [0.29, 0.717) is 6.04 Å². The van der Waals surface area contributed by atoms with Crippen molar-refractivity contribution in [2.75, 3.05) is 0 Å². The maximum atomic E-state index is 3.72. The van der Waals surface area contributed by atoms with E-state index in [9.17, 15) is 0 Å². The van der Waals surface area contributed by atoms with E-state index in [2.05, 4.69) is 24.1 Å². The lowest BCUT2D eigenvalue weighted by Crippen LogP contribution is -2.24. The summed E-state index contributed by atoms with van der Waals surface area (Å²) in [5.41, 5.74) is 0. The Kier molecular flexibility index (Phi) is 5.30. The van der Waals surface area contributed by atoms with Gasteiger partial charge >= 0.3 is 0 Å². The molecule has 0 saturated carbocycles. The zero-order valence-electron chi connectivity index (χ0n) is 7.11. The maximum absolute atomic E-state index is 3.72. The summed E-state index contributed by atoms with van der Waals surface area (Å²) in [4.78, 5) is 2.07. The molecule has 0 aromatic carbocycles. The van der Waals surface area contributed by atoms with Crippen molar-refractivity contribution in [2.45, 2.75) is 12.5 Å². The largest absolute Gasteiger partial charge is 0.348 e. The van der Waals surface area contributed by atoms with Gasteiger partial charge in [0, 0.05) is 6.20 Å². The Morgan fingerprint density at radius 1 is 1.33 bits per heavy atom. The van der Waals surface area contributed by atoms with Crippen LogP contribution in [-0.2, 0) is 0 Å². The third kappa shape index (κ3) is 2.62. The Bertz CT molecular complexity index is 206. The molecule has 1 aliphatic rings. The van der Waals surface area contributed by atoms with Gasteiger partial charge in [0.05, 0.1) is 6.04 Å². The summed E-state index contributed by atoms with van der Waals surface area (Å²) in [5.74, 6) is 0. The van der Waals surface area contributed by atoms with Crippen molar-refractivity contribution < 1.29 is 0 Å². The fourth-order valence-corrected chi connectivity index (χ4v) is 1.12. The van der Waals surface area contributed by atoms with E-state index in [0.717, 1.165) is 6.42 Å². The van der Waals surface area contributed by atoms with Gasteiger partial charge in [-0.25, -0.2) is 0 Å². The lowest BCUT2D eigenvalue weighted by Gasteiger charge is -2.25. The Morgan fingerprint density at radius 2 is 2.08 bits per heavy atom. The van der Waals surface area contributed by atoms with Crippen molar-refractivity contribution >= 4 is 13.5 Å². The second-order valence-corrected chi connectivity index (χ2v) is 2.45. The summed E-state index contributed by atoms with van der Waals surface area (Å²) in [6.45, 7) is 7.43. The van der Waals surface area contributed by atoms with E-state index in [4.69, 9.17) is 0 Å². The molecule has 1 aliphatic heterocycles. The highest BCUT2D eigenvalue weighted by Crippen LogP contribution is 2.11. The van der Waals surface area contributed by atoms with Gasteiger partial charge in [-0.2, -0.15) is 13.5 Å². The number of rotatable bonds is 3. The van der Waals surface area contributed by atoms with Crippen LogP contribution in [0.4, 0.5) is 0 Å². The molecule has 1 atom stereocenters. The minimum absolute atomic E-state index is 0. The molecule has 0 spiro atoms. The number of hydrogen-bond donors (Lipinski definition) is 0. The highest BCUT2D eigenvalue weighted by molar-refractivity contribution is 7.59. The van der Waals surface area contributed by atoms with Gasteiger partial charge in [0.2, 0.25) is 0 Å². The Morgan fingerprint density at radius 3 is 2.67 bits per heavy atom. The van der Waals surface area contributed by atoms with Crippen LogP contribution in [0, 0.1) is 0 Å². The molecular formula is C10H15NS. The van der Waals surface area contributed by atoms with Crippen molar-refractivity contribution in [2.24, 2.45) is 0 Å². The van der Waals surface area contributed by atoms with Crippen LogP contribution in [0.2, 0.25) is 0 Å². The standard InChI is InChI=1S/C10H13N.H2S/c1-3-7-10-8-5-6-9-11(10)4-2;/h3-6,8-10H,1-2,7H2;1H2. The predicted octanol–water partition coefficient (Wildman–Crippen LogP) is 2.57. The molecule has 0 amide bonds. The first-order chi connectivity index (χ1) is 5.38. The van der Waals surface area contributed by atoms with Crippen LogP contribution < -0.4 is 0 Å². The molecule has 66 valence electrons. The highest BCUT2D eigenvalue weighted by Gasteiger charge is 2.08. The molecule has 1 unspecified atom stereocenters. The fraction of sp³-hybridized carbons (Fsp3) is 0.200. The molecule has 0 fully saturated rings. The van der Waals surface area contributed by atoms with Crippen LogP contribution in [0.1, 0.15) is 6.42 Å². The second-order valence-electron chi connectivity index (χ2n) is 2.45. The van der Waals surface area contributed by atoms with Crippen molar-refractivity contribution in [3.8, 4) is 0 Å². The minimum Gasteiger partial charge on any atom is -0.348 e. The molecule has 0 N–H and O–H groups in total. The molecule has 0 radical (unpaired) electrons. The van der Waals surface area contributed by atoms with Gasteiger partial charge in [-0.1, -0.05) is 24.8 Å². The second kappa shape index (κ2) is 5.72. The summed E-state index contributed by atoms with van der Waals surface area (Å²) in [7, 11) is 0. The molecule has 1 nitrogen and oxygen atoms in total. The Hall–Kier alpha value is -0.890.